The van der Waals surface area contributed by atoms with Gasteiger partial charge in [-0.3, -0.25) is 9.59 Å². The van der Waals surface area contributed by atoms with Gasteiger partial charge in [-0.05, 0) is 42.9 Å². The zero-order valence-corrected chi connectivity index (χ0v) is 16.1. The standard InChI is InChI=1S/C20H28N2O4/c1-12(2)8-14-18(20(14,3)4)19(24)22-10-13-6-7-15(16(9-13)25-5)26-11-17(21)23/h6-9,14,18H,10-11H2,1-5H3,(H2,21,23)(H,22,24). The lowest BCUT2D eigenvalue weighted by Crippen LogP contribution is -2.26. The molecule has 26 heavy (non-hydrogen) atoms. The highest BCUT2D eigenvalue weighted by atomic mass is 16.5. The van der Waals surface area contributed by atoms with Crippen LogP contribution in [0.4, 0.5) is 0 Å². The van der Waals surface area contributed by atoms with E-state index >= 15 is 0 Å². The summed E-state index contributed by atoms with van der Waals surface area (Å²) >= 11 is 0. The van der Waals surface area contributed by atoms with Crippen molar-refractivity contribution in [2.24, 2.45) is 23.0 Å². The molecule has 0 heterocycles. The van der Waals surface area contributed by atoms with Gasteiger partial charge in [0.25, 0.3) is 5.91 Å². The fourth-order valence-corrected chi connectivity index (χ4v) is 3.24. The fraction of sp³-hybridized carbons (Fsp3) is 0.500. The van der Waals surface area contributed by atoms with Gasteiger partial charge in [0.1, 0.15) is 0 Å². The number of ether oxygens (including phenoxy) is 2. The quantitative estimate of drug-likeness (QED) is 0.697. The van der Waals surface area contributed by atoms with Gasteiger partial charge in [-0.15, -0.1) is 0 Å². The van der Waals surface area contributed by atoms with Crippen LogP contribution in [0.3, 0.4) is 0 Å². The summed E-state index contributed by atoms with van der Waals surface area (Å²) in [6.45, 7) is 8.54. The molecule has 2 rings (SSSR count). The van der Waals surface area contributed by atoms with Gasteiger partial charge in [0.05, 0.1) is 13.0 Å². The lowest BCUT2D eigenvalue weighted by Gasteiger charge is -2.12. The first-order chi connectivity index (χ1) is 12.2. The summed E-state index contributed by atoms with van der Waals surface area (Å²) in [7, 11) is 1.52. The molecule has 6 heteroatoms. The Morgan fingerprint density at radius 2 is 1.96 bits per heavy atom. The highest BCUT2D eigenvalue weighted by Crippen LogP contribution is 2.59. The van der Waals surface area contributed by atoms with Crippen LogP contribution in [0, 0.1) is 17.3 Å². The van der Waals surface area contributed by atoms with E-state index in [1.807, 2.05) is 6.07 Å². The molecule has 0 bridgehead atoms. The molecule has 0 spiro atoms. The molecule has 1 aromatic carbocycles. The molecule has 0 aromatic heterocycles. The van der Waals surface area contributed by atoms with Gasteiger partial charge in [0.15, 0.2) is 18.1 Å². The molecule has 2 amide bonds. The van der Waals surface area contributed by atoms with Gasteiger partial charge in [-0.1, -0.05) is 31.6 Å². The highest BCUT2D eigenvalue weighted by Gasteiger charge is 2.60. The largest absolute Gasteiger partial charge is 0.493 e. The number of methoxy groups -OCH3 is 1. The number of primary amides is 1. The number of nitrogens with one attached hydrogen (secondary N) is 1. The van der Waals surface area contributed by atoms with Gasteiger partial charge in [0.2, 0.25) is 5.91 Å². The third-order valence-corrected chi connectivity index (χ3v) is 4.77. The Balaban J connectivity index is 1.98. The van der Waals surface area contributed by atoms with E-state index in [0.29, 0.717) is 18.0 Å². The minimum absolute atomic E-state index is 0.00234. The Labute approximate surface area is 154 Å². The third-order valence-electron chi connectivity index (χ3n) is 4.77. The normalized spacial score (nSPS) is 20.0. The van der Waals surface area contributed by atoms with Crippen molar-refractivity contribution >= 4 is 11.8 Å². The average molecular weight is 360 g/mol. The average Bonchev–Trinajstić information content (AvgIpc) is 3.10. The van der Waals surface area contributed by atoms with Crippen molar-refractivity contribution in [3.8, 4) is 11.5 Å². The van der Waals surface area contributed by atoms with Crippen molar-refractivity contribution in [1.82, 2.24) is 5.32 Å². The van der Waals surface area contributed by atoms with E-state index in [0.717, 1.165) is 5.56 Å². The Morgan fingerprint density at radius 1 is 1.27 bits per heavy atom. The molecule has 142 valence electrons. The number of nitrogens with two attached hydrogens (primary N) is 1. The van der Waals surface area contributed by atoms with E-state index < -0.39 is 5.91 Å². The second kappa shape index (κ2) is 7.81. The molecule has 1 aliphatic carbocycles. The number of hydrogen-bond donors (Lipinski definition) is 2. The van der Waals surface area contributed by atoms with Crippen molar-refractivity contribution < 1.29 is 19.1 Å². The zero-order valence-electron chi connectivity index (χ0n) is 16.1. The predicted octanol–water partition coefficient (Wildman–Crippen LogP) is 2.41. The third kappa shape index (κ3) is 4.56. The van der Waals surface area contributed by atoms with Gasteiger partial charge in [-0.2, -0.15) is 0 Å². The smallest absolute Gasteiger partial charge is 0.255 e. The molecule has 1 aromatic rings. The summed E-state index contributed by atoms with van der Waals surface area (Å²) in [6, 6.07) is 5.31. The second-order valence-corrected chi connectivity index (χ2v) is 7.53. The minimum Gasteiger partial charge on any atom is -0.493 e. The van der Waals surface area contributed by atoms with E-state index in [4.69, 9.17) is 15.2 Å². The zero-order chi connectivity index (χ0) is 19.5. The molecular formula is C20H28N2O4. The first-order valence-corrected chi connectivity index (χ1v) is 8.67. The molecule has 2 atom stereocenters. The molecule has 2 unspecified atom stereocenters. The van der Waals surface area contributed by atoms with Crippen LogP contribution in [0.5, 0.6) is 11.5 Å². The van der Waals surface area contributed by atoms with Gasteiger partial charge < -0.3 is 20.5 Å². The van der Waals surface area contributed by atoms with Crippen molar-refractivity contribution in [2.75, 3.05) is 13.7 Å². The Bertz CT molecular complexity index is 721. The number of amides is 2. The van der Waals surface area contributed by atoms with E-state index in [2.05, 4.69) is 39.1 Å². The van der Waals surface area contributed by atoms with E-state index in [9.17, 15) is 9.59 Å². The molecule has 6 nitrogen and oxygen atoms in total. The van der Waals surface area contributed by atoms with Crippen molar-refractivity contribution in [2.45, 2.75) is 34.2 Å². The van der Waals surface area contributed by atoms with Crippen LogP contribution in [0.2, 0.25) is 0 Å². The molecule has 0 radical (unpaired) electrons. The summed E-state index contributed by atoms with van der Waals surface area (Å²) in [5.41, 5.74) is 7.19. The molecular weight excluding hydrogens is 332 g/mol. The summed E-state index contributed by atoms with van der Waals surface area (Å²) in [6.07, 6.45) is 2.18. The lowest BCUT2D eigenvalue weighted by molar-refractivity contribution is -0.123. The Morgan fingerprint density at radius 3 is 2.54 bits per heavy atom. The highest BCUT2D eigenvalue weighted by molar-refractivity contribution is 5.83. The van der Waals surface area contributed by atoms with Crippen LogP contribution in [-0.4, -0.2) is 25.5 Å². The Kier molecular flexibility index (Phi) is 5.95. The molecule has 1 saturated carbocycles. The summed E-state index contributed by atoms with van der Waals surface area (Å²) in [5, 5.41) is 3.00. The maximum Gasteiger partial charge on any atom is 0.255 e. The van der Waals surface area contributed by atoms with E-state index in [-0.39, 0.29) is 29.8 Å². The van der Waals surface area contributed by atoms with Crippen LogP contribution in [0.25, 0.3) is 0 Å². The van der Waals surface area contributed by atoms with E-state index in [1.54, 1.807) is 12.1 Å². The maximum atomic E-state index is 12.5. The fourth-order valence-electron chi connectivity index (χ4n) is 3.24. The van der Waals surface area contributed by atoms with Gasteiger partial charge >= 0.3 is 0 Å². The monoisotopic (exact) mass is 360 g/mol. The number of benzene rings is 1. The minimum atomic E-state index is -0.554. The molecule has 0 saturated heterocycles. The molecule has 1 fully saturated rings. The SMILES string of the molecule is COc1cc(CNC(=O)C2C(C=C(C)C)C2(C)C)ccc1OCC(N)=O. The predicted molar refractivity (Wildman–Crippen MR) is 99.7 cm³/mol. The number of allylic oxidation sites excluding steroid dienone is 2. The van der Waals surface area contributed by atoms with Crippen LogP contribution < -0.4 is 20.5 Å². The van der Waals surface area contributed by atoms with Crippen LogP contribution in [0.15, 0.2) is 29.8 Å². The first kappa shape index (κ1) is 19.8. The second-order valence-electron chi connectivity index (χ2n) is 7.53. The lowest BCUT2D eigenvalue weighted by atomic mass is 10.1. The summed E-state index contributed by atoms with van der Waals surface area (Å²) < 4.78 is 10.6. The first-order valence-electron chi connectivity index (χ1n) is 8.67. The molecule has 0 aliphatic heterocycles. The number of rotatable bonds is 8. The summed E-state index contributed by atoms with van der Waals surface area (Å²) in [5.74, 6) is 0.719. The van der Waals surface area contributed by atoms with Crippen molar-refractivity contribution in [3.05, 3.63) is 35.4 Å². The van der Waals surface area contributed by atoms with Gasteiger partial charge in [0, 0.05) is 6.54 Å². The maximum absolute atomic E-state index is 12.5. The van der Waals surface area contributed by atoms with Crippen molar-refractivity contribution in [1.29, 1.82) is 0 Å². The summed E-state index contributed by atoms with van der Waals surface area (Å²) in [4.78, 5) is 23.4. The molecule has 1 aliphatic rings. The Hall–Kier alpha value is -2.50. The van der Waals surface area contributed by atoms with Crippen LogP contribution in [-0.2, 0) is 16.1 Å². The number of carbonyl (C=O) groups is 2. The van der Waals surface area contributed by atoms with E-state index in [1.165, 1.54) is 12.7 Å². The topological polar surface area (TPSA) is 90.7 Å². The van der Waals surface area contributed by atoms with Crippen molar-refractivity contribution in [3.63, 3.8) is 0 Å². The number of carbonyl (C=O) groups excluding carboxylic acids is 2. The van der Waals surface area contributed by atoms with Crippen LogP contribution >= 0.6 is 0 Å². The van der Waals surface area contributed by atoms with Gasteiger partial charge in [-0.25, -0.2) is 0 Å². The molecule has 3 N–H and O–H groups in total. The number of hydrogen-bond acceptors (Lipinski definition) is 4. The van der Waals surface area contributed by atoms with Crippen LogP contribution in [0.1, 0.15) is 33.3 Å².